The van der Waals surface area contributed by atoms with Crippen molar-refractivity contribution in [3.05, 3.63) is 84.9 Å². The Morgan fingerprint density at radius 3 is 1.40 bits per heavy atom. The highest BCUT2D eigenvalue weighted by Crippen LogP contribution is 2.23. The van der Waals surface area contributed by atoms with Crippen LogP contribution < -0.4 is 5.46 Å². The lowest BCUT2D eigenvalue weighted by molar-refractivity contribution is 1.07. The van der Waals surface area contributed by atoms with E-state index in [1.165, 1.54) is 0 Å². The minimum Gasteiger partial charge on any atom is -0.208 e. The van der Waals surface area contributed by atoms with Gasteiger partial charge in [-0.1, -0.05) is 90.4 Å². The molecule has 3 aromatic carbocycles. The van der Waals surface area contributed by atoms with Crippen LogP contribution in [-0.2, 0) is 0 Å². The summed E-state index contributed by atoms with van der Waals surface area (Å²) in [5, 5.41) is 0. The number of benzene rings is 3. The summed E-state index contributed by atoms with van der Waals surface area (Å²) in [6.07, 6.45) is 0. The Bertz CT molecular complexity index is 944. The zero-order valence-electron chi connectivity index (χ0n) is 13.5. The molecule has 0 spiro atoms. The highest BCUT2D eigenvalue weighted by atomic mass is 15.0. The number of hydrogen-bond donors (Lipinski definition) is 0. The van der Waals surface area contributed by atoms with Crippen molar-refractivity contribution in [2.75, 3.05) is 0 Å². The van der Waals surface area contributed by atoms with Crippen molar-refractivity contribution in [1.29, 1.82) is 0 Å². The predicted molar refractivity (Wildman–Crippen MR) is 102 cm³/mol. The SMILES string of the molecule is [B]c1cccc(-c2nc(-c3ccccc3)nc(-c3ccccc3)n2)c1. The smallest absolute Gasteiger partial charge is 0.164 e. The molecule has 0 amide bonds. The highest BCUT2D eigenvalue weighted by Gasteiger charge is 2.11. The van der Waals surface area contributed by atoms with Gasteiger partial charge in [-0.15, -0.1) is 0 Å². The van der Waals surface area contributed by atoms with E-state index < -0.39 is 0 Å². The molecule has 0 saturated carbocycles. The second-order valence-electron chi connectivity index (χ2n) is 5.66. The maximum atomic E-state index is 5.92. The lowest BCUT2D eigenvalue weighted by Crippen LogP contribution is -2.04. The highest BCUT2D eigenvalue weighted by molar-refractivity contribution is 6.32. The van der Waals surface area contributed by atoms with Crippen molar-refractivity contribution >= 4 is 13.3 Å². The largest absolute Gasteiger partial charge is 0.208 e. The normalized spacial score (nSPS) is 10.6. The van der Waals surface area contributed by atoms with E-state index in [0.29, 0.717) is 22.9 Å². The van der Waals surface area contributed by atoms with Crippen molar-refractivity contribution in [1.82, 2.24) is 15.0 Å². The first-order chi connectivity index (χ1) is 12.3. The van der Waals surface area contributed by atoms with Crippen molar-refractivity contribution in [2.45, 2.75) is 0 Å². The number of aromatic nitrogens is 3. The summed E-state index contributed by atoms with van der Waals surface area (Å²) in [6.45, 7) is 0. The van der Waals surface area contributed by atoms with Gasteiger partial charge in [-0.2, -0.15) is 0 Å². The quantitative estimate of drug-likeness (QED) is 0.541. The first-order valence-electron chi connectivity index (χ1n) is 8.02. The Hall–Kier alpha value is -3.27. The van der Waals surface area contributed by atoms with Gasteiger partial charge in [-0.05, 0) is 0 Å². The van der Waals surface area contributed by atoms with Crippen LogP contribution in [0.4, 0.5) is 0 Å². The first-order valence-corrected chi connectivity index (χ1v) is 8.02. The fraction of sp³-hybridized carbons (Fsp3) is 0. The van der Waals surface area contributed by atoms with E-state index in [2.05, 4.69) is 15.0 Å². The van der Waals surface area contributed by atoms with Crippen molar-refractivity contribution in [2.24, 2.45) is 0 Å². The van der Waals surface area contributed by atoms with Gasteiger partial charge in [-0.3, -0.25) is 0 Å². The zero-order valence-corrected chi connectivity index (χ0v) is 13.5. The molecule has 0 aliphatic heterocycles. The Balaban J connectivity index is 1.92. The van der Waals surface area contributed by atoms with Gasteiger partial charge in [0.15, 0.2) is 17.5 Å². The molecular formula is C21H14BN3. The van der Waals surface area contributed by atoms with Gasteiger partial charge < -0.3 is 0 Å². The van der Waals surface area contributed by atoms with E-state index in [1.54, 1.807) is 0 Å². The third-order valence-electron chi connectivity index (χ3n) is 3.84. The van der Waals surface area contributed by atoms with E-state index >= 15 is 0 Å². The molecule has 0 aliphatic rings. The zero-order chi connectivity index (χ0) is 17.1. The van der Waals surface area contributed by atoms with Crippen LogP contribution in [0.25, 0.3) is 34.2 Å². The number of nitrogens with zero attached hydrogens (tertiary/aromatic N) is 3. The van der Waals surface area contributed by atoms with E-state index in [9.17, 15) is 0 Å². The molecule has 0 aliphatic carbocycles. The molecule has 4 rings (SSSR count). The molecule has 0 unspecified atom stereocenters. The molecule has 0 N–H and O–H groups in total. The van der Waals surface area contributed by atoms with E-state index in [4.69, 9.17) is 7.85 Å². The second-order valence-corrected chi connectivity index (χ2v) is 5.66. The molecule has 1 aromatic heterocycles. The van der Waals surface area contributed by atoms with Crippen molar-refractivity contribution in [3.63, 3.8) is 0 Å². The van der Waals surface area contributed by atoms with Crippen molar-refractivity contribution < 1.29 is 0 Å². The molecule has 25 heavy (non-hydrogen) atoms. The lowest BCUT2D eigenvalue weighted by Gasteiger charge is -2.08. The van der Waals surface area contributed by atoms with Gasteiger partial charge in [0.1, 0.15) is 7.85 Å². The van der Waals surface area contributed by atoms with E-state index in [0.717, 1.165) is 16.7 Å². The van der Waals surface area contributed by atoms with Gasteiger partial charge in [0.25, 0.3) is 0 Å². The van der Waals surface area contributed by atoms with Crippen LogP contribution in [-0.4, -0.2) is 22.8 Å². The van der Waals surface area contributed by atoms with Crippen LogP contribution in [0.2, 0.25) is 0 Å². The molecule has 0 saturated heterocycles. The summed E-state index contributed by atoms with van der Waals surface area (Å²) in [5.41, 5.74) is 3.46. The molecule has 4 heteroatoms. The fourth-order valence-electron chi connectivity index (χ4n) is 2.62. The van der Waals surface area contributed by atoms with Crippen molar-refractivity contribution in [3.8, 4) is 34.2 Å². The second kappa shape index (κ2) is 6.69. The summed E-state index contributed by atoms with van der Waals surface area (Å²) in [5.74, 6) is 1.90. The summed E-state index contributed by atoms with van der Waals surface area (Å²) in [7, 11) is 5.92. The summed E-state index contributed by atoms with van der Waals surface area (Å²) in [4.78, 5) is 14.0. The topological polar surface area (TPSA) is 38.7 Å². The monoisotopic (exact) mass is 319 g/mol. The summed E-state index contributed by atoms with van der Waals surface area (Å²) in [6, 6.07) is 27.4. The van der Waals surface area contributed by atoms with Gasteiger partial charge in [0, 0.05) is 16.7 Å². The Morgan fingerprint density at radius 1 is 0.480 bits per heavy atom. The Labute approximate surface area is 147 Å². The molecule has 3 nitrogen and oxygen atoms in total. The number of hydrogen-bond acceptors (Lipinski definition) is 3. The number of rotatable bonds is 3. The minimum absolute atomic E-state index is 0.611. The average Bonchev–Trinajstić information content (AvgIpc) is 2.69. The molecular weight excluding hydrogens is 305 g/mol. The first kappa shape index (κ1) is 15.3. The molecule has 0 atom stereocenters. The Morgan fingerprint density at radius 2 is 0.920 bits per heavy atom. The van der Waals surface area contributed by atoms with Gasteiger partial charge >= 0.3 is 0 Å². The summed E-state index contributed by atoms with van der Waals surface area (Å²) >= 11 is 0. The van der Waals surface area contributed by atoms with Crippen LogP contribution in [0, 0.1) is 0 Å². The molecule has 4 aromatic rings. The van der Waals surface area contributed by atoms with Crippen LogP contribution >= 0.6 is 0 Å². The Kier molecular flexibility index (Phi) is 4.09. The van der Waals surface area contributed by atoms with Gasteiger partial charge in [0.05, 0.1) is 0 Å². The van der Waals surface area contributed by atoms with E-state index in [-0.39, 0.29) is 0 Å². The van der Waals surface area contributed by atoms with Crippen LogP contribution in [0.1, 0.15) is 0 Å². The summed E-state index contributed by atoms with van der Waals surface area (Å²) < 4.78 is 0. The minimum atomic E-state index is 0.611. The van der Waals surface area contributed by atoms with Crippen LogP contribution in [0.3, 0.4) is 0 Å². The third-order valence-corrected chi connectivity index (χ3v) is 3.84. The van der Waals surface area contributed by atoms with Crippen LogP contribution in [0.15, 0.2) is 84.9 Å². The third kappa shape index (κ3) is 3.33. The average molecular weight is 319 g/mol. The molecule has 0 fully saturated rings. The molecule has 0 bridgehead atoms. The van der Waals surface area contributed by atoms with Gasteiger partial charge in [-0.25, -0.2) is 15.0 Å². The predicted octanol–water partition coefficient (Wildman–Crippen LogP) is 3.67. The maximum absolute atomic E-state index is 5.92. The molecule has 1 heterocycles. The molecule has 116 valence electrons. The standard InChI is InChI=1S/C21H14BN3/c22-18-13-7-12-17(14-18)21-24-19(15-8-3-1-4-9-15)23-20(25-21)16-10-5-2-6-11-16/h1-14H. The molecule has 2 radical (unpaired) electrons. The van der Waals surface area contributed by atoms with Gasteiger partial charge in [0.2, 0.25) is 0 Å². The lowest BCUT2D eigenvalue weighted by atomic mass is 9.94. The fourth-order valence-corrected chi connectivity index (χ4v) is 2.62. The maximum Gasteiger partial charge on any atom is 0.164 e. The van der Waals surface area contributed by atoms with Crippen LogP contribution in [0.5, 0.6) is 0 Å². The van der Waals surface area contributed by atoms with E-state index in [1.807, 2.05) is 84.9 Å².